The van der Waals surface area contributed by atoms with E-state index in [4.69, 9.17) is 21.4 Å². The predicted molar refractivity (Wildman–Crippen MR) is 85.8 cm³/mol. The number of aliphatic hydroxyl groups is 1. The Kier molecular flexibility index (Phi) is 4.84. The monoisotopic (exact) mass is 307 g/mol. The number of benzene rings is 1. The summed E-state index contributed by atoms with van der Waals surface area (Å²) in [5.74, 6) is 0.918. The van der Waals surface area contributed by atoms with E-state index in [0.29, 0.717) is 19.3 Å². The predicted octanol–water partition coefficient (Wildman–Crippen LogP) is 3.35. The molecule has 1 N–H and O–H groups in total. The normalized spacial score (nSPS) is 21.8. The van der Waals surface area contributed by atoms with Gasteiger partial charge in [0.2, 0.25) is 0 Å². The molecule has 114 valence electrons. The van der Waals surface area contributed by atoms with Gasteiger partial charge in [-0.15, -0.1) is 0 Å². The van der Waals surface area contributed by atoms with Crippen LogP contribution in [0, 0.1) is 0 Å². The van der Waals surface area contributed by atoms with Crippen molar-refractivity contribution in [2.45, 2.75) is 31.7 Å². The summed E-state index contributed by atoms with van der Waals surface area (Å²) >= 11 is 6.06. The fraction of sp³-hybridized carbons (Fsp3) is 0.529. The molecule has 0 amide bonds. The molecule has 1 unspecified atom stereocenters. The van der Waals surface area contributed by atoms with E-state index in [1.165, 1.54) is 18.4 Å². The largest absolute Gasteiger partial charge is 0.489 e. The van der Waals surface area contributed by atoms with E-state index in [1.807, 2.05) is 18.2 Å². The molecular weight excluding hydrogens is 286 g/mol. The zero-order valence-corrected chi connectivity index (χ0v) is 13.0. The smallest absolute Gasteiger partial charge is 0.127 e. The highest BCUT2D eigenvalue weighted by molar-refractivity contribution is 6.30. The van der Waals surface area contributed by atoms with E-state index < -0.39 is 0 Å². The van der Waals surface area contributed by atoms with Crippen molar-refractivity contribution in [2.75, 3.05) is 26.3 Å². The minimum Gasteiger partial charge on any atom is -0.489 e. The van der Waals surface area contributed by atoms with Crippen molar-refractivity contribution in [1.29, 1.82) is 0 Å². The molecule has 1 aromatic rings. The van der Waals surface area contributed by atoms with Gasteiger partial charge in [-0.25, -0.2) is 0 Å². The number of hydrogen-bond donors (Lipinski definition) is 1. The van der Waals surface area contributed by atoms with Crippen molar-refractivity contribution in [1.82, 2.24) is 4.90 Å². The Morgan fingerprint density at radius 2 is 2.29 bits per heavy atom. The first kappa shape index (κ1) is 14.9. The van der Waals surface area contributed by atoms with Gasteiger partial charge < -0.3 is 9.84 Å². The van der Waals surface area contributed by atoms with Crippen LogP contribution in [0.1, 0.15) is 31.2 Å². The summed E-state index contributed by atoms with van der Waals surface area (Å²) in [5.41, 5.74) is 2.38. The van der Waals surface area contributed by atoms with Crippen LogP contribution in [0.5, 0.6) is 5.75 Å². The van der Waals surface area contributed by atoms with Gasteiger partial charge in [0.25, 0.3) is 0 Å². The number of hydrogen-bond acceptors (Lipinski definition) is 3. The summed E-state index contributed by atoms with van der Waals surface area (Å²) in [7, 11) is 0. The van der Waals surface area contributed by atoms with Crippen molar-refractivity contribution >= 4 is 17.7 Å². The van der Waals surface area contributed by atoms with Crippen LogP contribution in [0.25, 0.3) is 6.08 Å². The van der Waals surface area contributed by atoms with Crippen LogP contribution in [0.15, 0.2) is 23.8 Å². The standard InChI is InChI=1S/C17H22ClNO2/c18-15-5-6-17-14(10-15)9-13(12-21-17)11-19-7-1-3-16(19)4-2-8-20/h5-6,9-10,16,20H,1-4,7-8,11-12H2. The molecule has 1 saturated heterocycles. The van der Waals surface area contributed by atoms with Crippen molar-refractivity contribution in [2.24, 2.45) is 0 Å². The first-order valence-electron chi connectivity index (χ1n) is 7.73. The lowest BCUT2D eigenvalue weighted by atomic mass is 10.1. The van der Waals surface area contributed by atoms with Gasteiger partial charge in [0.15, 0.2) is 0 Å². The Morgan fingerprint density at radius 1 is 1.38 bits per heavy atom. The maximum Gasteiger partial charge on any atom is 0.127 e. The van der Waals surface area contributed by atoms with Gasteiger partial charge in [0, 0.05) is 29.8 Å². The zero-order valence-electron chi connectivity index (χ0n) is 12.2. The quantitative estimate of drug-likeness (QED) is 0.905. The molecule has 0 aliphatic carbocycles. The summed E-state index contributed by atoms with van der Waals surface area (Å²) in [6.07, 6.45) is 6.71. The molecule has 1 fully saturated rings. The molecule has 2 heterocycles. The Hall–Kier alpha value is -1.03. The first-order valence-corrected chi connectivity index (χ1v) is 8.11. The van der Waals surface area contributed by atoms with Crippen molar-refractivity contribution < 1.29 is 9.84 Å². The highest BCUT2D eigenvalue weighted by atomic mass is 35.5. The van der Waals surface area contributed by atoms with Gasteiger partial charge in [0.1, 0.15) is 12.4 Å². The average molecular weight is 308 g/mol. The van der Waals surface area contributed by atoms with Gasteiger partial charge >= 0.3 is 0 Å². The highest BCUT2D eigenvalue weighted by Gasteiger charge is 2.25. The van der Waals surface area contributed by atoms with Gasteiger partial charge in [-0.3, -0.25) is 4.90 Å². The summed E-state index contributed by atoms with van der Waals surface area (Å²) in [6.45, 7) is 3.07. The molecule has 0 saturated carbocycles. The molecule has 0 bridgehead atoms. The molecule has 21 heavy (non-hydrogen) atoms. The Labute approximate surface area is 131 Å². The molecule has 0 aromatic heterocycles. The Bertz CT molecular complexity index is 530. The lowest BCUT2D eigenvalue weighted by Gasteiger charge is -2.27. The first-order chi connectivity index (χ1) is 10.3. The molecule has 0 radical (unpaired) electrons. The number of aliphatic hydroxyl groups excluding tert-OH is 1. The topological polar surface area (TPSA) is 32.7 Å². The van der Waals surface area contributed by atoms with E-state index in [0.717, 1.165) is 42.3 Å². The summed E-state index contributed by atoms with van der Waals surface area (Å²) in [5, 5.41) is 9.75. The molecule has 2 aliphatic rings. The zero-order chi connectivity index (χ0) is 14.7. The molecule has 3 nitrogen and oxygen atoms in total. The van der Waals surface area contributed by atoms with E-state index in [2.05, 4.69) is 11.0 Å². The molecule has 4 heteroatoms. The number of nitrogens with zero attached hydrogens (tertiary/aromatic N) is 1. The highest BCUT2D eigenvalue weighted by Crippen LogP contribution is 2.30. The molecule has 3 rings (SSSR count). The SMILES string of the molecule is OCCCC1CCCN1CC1=Cc2cc(Cl)ccc2OC1. The fourth-order valence-electron chi connectivity index (χ4n) is 3.30. The van der Waals surface area contributed by atoms with E-state index >= 15 is 0 Å². The minimum absolute atomic E-state index is 0.294. The number of rotatable bonds is 5. The number of halogens is 1. The molecule has 2 aliphatic heterocycles. The number of ether oxygens (including phenoxy) is 1. The van der Waals surface area contributed by atoms with Crippen molar-refractivity contribution in [3.05, 3.63) is 34.4 Å². The van der Waals surface area contributed by atoms with Crippen LogP contribution in [0.3, 0.4) is 0 Å². The average Bonchev–Trinajstić information content (AvgIpc) is 2.92. The summed E-state index contributed by atoms with van der Waals surface area (Å²) in [6, 6.07) is 6.37. The minimum atomic E-state index is 0.294. The van der Waals surface area contributed by atoms with E-state index in [-0.39, 0.29) is 0 Å². The summed E-state index contributed by atoms with van der Waals surface area (Å²) in [4.78, 5) is 2.53. The van der Waals surface area contributed by atoms with E-state index in [9.17, 15) is 0 Å². The van der Waals surface area contributed by atoms with Crippen LogP contribution in [0.4, 0.5) is 0 Å². The summed E-state index contributed by atoms with van der Waals surface area (Å²) < 4.78 is 5.82. The maximum absolute atomic E-state index is 9.01. The lowest BCUT2D eigenvalue weighted by Crippen LogP contribution is -2.33. The third-order valence-electron chi connectivity index (χ3n) is 4.35. The molecule has 0 spiro atoms. The fourth-order valence-corrected chi connectivity index (χ4v) is 3.49. The van der Waals surface area contributed by atoms with Gasteiger partial charge in [0.05, 0.1) is 0 Å². The van der Waals surface area contributed by atoms with Crippen LogP contribution in [-0.2, 0) is 0 Å². The second-order valence-corrected chi connectivity index (χ2v) is 6.34. The van der Waals surface area contributed by atoms with Crippen LogP contribution < -0.4 is 4.74 Å². The van der Waals surface area contributed by atoms with Crippen molar-refractivity contribution in [3.8, 4) is 5.75 Å². The Balaban J connectivity index is 1.67. The molecule has 1 aromatic carbocycles. The molecular formula is C17H22ClNO2. The third-order valence-corrected chi connectivity index (χ3v) is 4.58. The number of likely N-dealkylation sites (tertiary alicyclic amines) is 1. The van der Waals surface area contributed by atoms with Gasteiger partial charge in [-0.1, -0.05) is 11.6 Å². The van der Waals surface area contributed by atoms with Gasteiger partial charge in [-0.05, 0) is 62.1 Å². The van der Waals surface area contributed by atoms with E-state index in [1.54, 1.807) is 0 Å². The second-order valence-electron chi connectivity index (χ2n) is 5.91. The van der Waals surface area contributed by atoms with Crippen LogP contribution in [-0.4, -0.2) is 42.4 Å². The molecule has 1 atom stereocenters. The van der Waals surface area contributed by atoms with Gasteiger partial charge in [-0.2, -0.15) is 0 Å². The second kappa shape index (κ2) is 6.82. The lowest BCUT2D eigenvalue weighted by molar-refractivity contribution is 0.221. The maximum atomic E-state index is 9.01. The van der Waals surface area contributed by atoms with Crippen LogP contribution in [0.2, 0.25) is 5.02 Å². The van der Waals surface area contributed by atoms with Crippen LogP contribution >= 0.6 is 11.6 Å². The Morgan fingerprint density at radius 3 is 3.14 bits per heavy atom. The number of fused-ring (bicyclic) bond motifs is 1. The third kappa shape index (κ3) is 3.60. The van der Waals surface area contributed by atoms with Crippen molar-refractivity contribution in [3.63, 3.8) is 0 Å².